The second-order valence-electron chi connectivity index (χ2n) is 6.69. The van der Waals surface area contributed by atoms with Crippen LogP contribution in [-0.4, -0.2) is 54.0 Å². The van der Waals surface area contributed by atoms with Crippen LogP contribution in [0.2, 0.25) is 0 Å². The summed E-state index contributed by atoms with van der Waals surface area (Å²) in [6.45, 7) is 2.27. The standard InChI is InChI=1S/C18H26N4O2/c19-15-6-4-5-14(13-15)17(23)21-9-11-22(12-10-21)18(24)20-16-7-2-1-3-8-16/h4-6,13,16H,1-3,7-12,19H2,(H,20,24). The van der Waals surface area contributed by atoms with Crippen LogP contribution in [0.4, 0.5) is 10.5 Å². The number of nitrogens with one attached hydrogen (secondary N) is 1. The van der Waals surface area contributed by atoms with Gasteiger partial charge in [-0.05, 0) is 31.0 Å². The molecule has 1 aliphatic carbocycles. The molecule has 2 fully saturated rings. The SMILES string of the molecule is Nc1cccc(C(=O)N2CCN(C(=O)NC3CCCCC3)CC2)c1. The molecule has 0 spiro atoms. The molecule has 1 aromatic rings. The Morgan fingerprint density at radius 2 is 1.67 bits per heavy atom. The minimum absolute atomic E-state index is 0.0120. The van der Waals surface area contributed by atoms with Gasteiger partial charge in [0.1, 0.15) is 0 Å². The summed E-state index contributed by atoms with van der Waals surface area (Å²) in [6.07, 6.45) is 5.84. The summed E-state index contributed by atoms with van der Waals surface area (Å²) in [5, 5.41) is 3.14. The van der Waals surface area contributed by atoms with Gasteiger partial charge in [0.25, 0.3) is 5.91 Å². The number of amides is 3. The maximum Gasteiger partial charge on any atom is 0.317 e. The molecule has 6 heteroatoms. The van der Waals surface area contributed by atoms with Gasteiger partial charge in [-0.3, -0.25) is 4.79 Å². The van der Waals surface area contributed by atoms with Gasteiger partial charge in [0, 0.05) is 43.5 Å². The molecular formula is C18H26N4O2. The highest BCUT2D eigenvalue weighted by Crippen LogP contribution is 2.18. The molecule has 0 atom stereocenters. The third-order valence-corrected chi connectivity index (χ3v) is 4.92. The summed E-state index contributed by atoms with van der Waals surface area (Å²) >= 11 is 0. The van der Waals surface area contributed by atoms with E-state index in [-0.39, 0.29) is 11.9 Å². The van der Waals surface area contributed by atoms with Crippen molar-refractivity contribution in [3.63, 3.8) is 0 Å². The maximum absolute atomic E-state index is 12.5. The molecular weight excluding hydrogens is 304 g/mol. The predicted molar refractivity (Wildman–Crippen MR) is 93.7 cm³/mol. The van der Waals surface area contributed by atoms with Crippen molar-refractivity contribution >= 4 is 17.6 Å². The average Bonchev–Trinajstić information content (AvgIpc) is 2.62. The van der Waals surface area contributed by atoms with Crippen LogP contribution in [0, 0.1) is 0 Å². The Bertz CT molecular complexity index is 590. The number of rotatable bonds is 2. The lowest BCUT2D eigenvalue weighted by Gasteiger charge is -2.36. The van der Waals surface area contributed by atoms with Crippen molar-refractivity contribution in [1.29, 1.82) is 0 Å². The van der Waals surface area contributed by atoms with Crippen molar-refractivity contribution in [1.82, 2.24) is 15.1 Å². The van der Waals surface area contributed by atoms with E-state index >= 15 is 0 Å². The normalized spacial score (nSPS) is 19.2. The maximum atomic E-state index is 12.5. The molecule has 130 valence electrons. The number of urea groups is 1. The second-order valence-corrected chi connectivity index (χ2v) is 6.69. The number of anilines is 1. The fraction of sp³-hybridized carbons (Fsp3) is 0.556. The van der Waals surface area contributed by atoms with Crippen LogP contribution in [0.15, 0.2) is 24.3 Å². The number of nitrogen functional groups attached to an aromatic ring is 1. The fourth-order valence-electron chi connectivity index (χ4n) is 3.48. The highest BCUT2D eigenvalue weighted by molar-refractivity contribution is 5.95. The first-order valence-corrected chi connectivity index (χ1v) is 8.84. The minimum Gasteiger partial charge on any atom is -0.399 e. The summed E-state index contributed by atoms with van der Waals surface area (Å²) < 4.78 is 0. The second kappa shape index (κ2) is 7.55. The largest absolute Gasteiger partial charge is 0.399 e. The number of carbonyl (C=O) groups excluding carboxylic acids is 2. The van der Waals surface area contributed by atoms with E-state index < -0.39 is 0 Å². The number of benzene rings is 1. The Balaban J connectivity index is 1.50. The fourth-order valence-corrected chi connectivity index (χ4v) is 3.48. The van der Waals surface area contributed by atoms with E-state index in [0.29, 0.717) is 43.5 Å². The van der Waals surface area contributed by atoms with E-state index in [2.05, 4.69) is 5.32 Å². The molecule has 24 heavy (non-hydrogen) atoms. The molecule has 3 rings (SSSR count). The Morgan fingerprint density at radius 3 is 2.33 bits per heavy atom. The Labute approximate surface area is 143 Å². The van der Waals surface area contributed by atoms with E-state index in [1.807, 2.05) is 4.90 Å². The van der Waals surface area contributed by atoms with Crippen molar-refractivity contribution in [2.24, 2.45) is 0 Å². The molecule has 1 aromatic carbocycles. The summed E-state index contributed by atoms with van der Waals surface area (Å²) in [6, 6.07) is 7.36. The lowest BCUT2D eigenvalue weighted by molar-refractivity contribution is 0.0662. The molecule has 0 aromatic heterocycles. The van der Waals surface area contributed by atoms with Crippen LogP contribution in [0.3, 0.4) is 0 Å². The first-order valence-electron chi connectivity index (χ1n) is 8.84. The van der Waals surface area contributed by atoms with Crippen LogP contribution >= 0.6 is 0 Å². The molecule has 3 N–H and O–H groups in total. The molecule has 2 aliphatic rings. The quantitative estimate of drug-likeness (QED) is 0.815. The molecule has 1 heterocycles. The van der Waals surface area contributed by atoms with Crippen molar-refractivity contribution in [2.75, 3.05) is 31.9 Å². The first-order chi connectivity index (χ1) is 11.6. The van der Waals surface area contributed by atoms with Crippen LogP contribution in [0.1, 0.15) is 42.5 Å². The van der Waals surface area contributed by atoms with Gasteiger partial charge in [-0.25, -0.2) is 4.79 Å². The highest BCUT2D eigenvalue weighted by Gasteiger charge is 2.26. The molecule has 1 saturated carbocycles. The van der Waals surface area contributed by atoms with Gasteiger partial charge in [-0.1, -0.05) is 25.3 Å². The first kappa shape index (κ1) is 16.6. The number of piperazine rings is 1. The zero-order valence-electron chi connectivity index (χ0n) is 14.0. The number of carbonyl (C=O) groups is 2. The molecule has 1 aliphatic heterocycles. The zero-order chi connectivity index (χ0) is 16.9. The Hall–Kier alpha value is -2.24. The molecule has 0 bridgehead atoms. The molecule has 0 radical (unpaired) electrons. The van der Waals surface area contributed by atoms with Crippen LogP contribution < -0.4 is 11.1 Å². The van der Waals surface area contributed by atoms with E-state index in [9.17, 15) is 9.59 Å². The molecule has 0 unspecified atom stereocenters. The summed E-state index contributed by atoms with van der Waals surface area (Å²) in [4.78, 5) is 28.5. The van der Waals surface area contributed by atoms with E-state index in [4.69, 9.17) is 5.73 Å². The van der Waals surface area contributed by atoms with Gasteiger partial charge >= 0.3 is 6.03 Å². The molecule has 3 amide bonds. The number of nitrogens with two attached hydrogens (primary N) is 1. The monoisotopic (exact) mass is 330 g/mol. The van der Waals surface area contributed by atoms with Gasteiger partial charge in [-0.2, -0.15) is 0 Å². The van der Waals surface area contributed by atoms with Crippen molar-refractivity contribution in [3.05, 3.63) is 29.8 Å². The van der Waals surface area contributed by atoms with Gasteiger partial charge in [0.15, 0.2) is 0 Å². The highest BCUT2D eigenvalue weighted by atomic mass is 16.2. The van der Waals surface area contributed by atoms with Gasteiger partial charge in [-0.15, -0.1) is 0 Å². The Kier molecular flexibility index (Phi) is 5.23. The summed E-state index contributed by atoms with van der Waals surface area (Å²) in [5.41, 5.74) is 6.94. The van der Waals surface area contributed by atoms with Crippen molar-refractivity contribution in [3.8, 4) is 0 Å². The topological polar surface area (TPSA) is 78.7 Å². The van der Waals surface area contributed by atoms with Gasteiger partial charge < -0.3 is 20.9 Å². The van der Waals surface area contributed by atoms with Gasteiger partial charge in [0.05, 0.1) is 0 Å². The minimum atomic E-state index is -0.0189. The summed E-state index contributed by atoms with van der Waals surface area (Å²) in [5.74, 6) is -0.0189. The smallest absolute Gasteiger partial charge is 0.317 e. The van der Waals surface area contributed by atoms with Gasteiger partial charge in [0.2, 0.25) is 0 Å². The number of hydrogen-bond donors (Lipinski definition) is 2. The van der Waals surface area contributed by atoms with E-state index in [1.54, 1.807) is 29.2 Å². The molecule has 6 nitrogen and oxygen atoms in total. The zero-order valence-corrected chi connectivity index (χ0v) is 14.0. The number of nitrogens with zero attached hydrogens (tertiary/aromatic N) is 2. The van der Waals surface area contributed by atoms with Crippen molar-refractivity contribution in [2.45, 2.75) is 38.1 Å². The number of hydrogen-bond acceptors (Lipinski definition) is 3. The van der Waals surface area contributed by atoms with Crippen LogP contribution in [0.25, 0.3) is 0 Å². The lowest BCUT2D eigenvalue weighted by Crippen LogP contribution is -2.54. The van der Waals surface area contributed by atoms with Crippen LogP contribution in [-0.2, 0) is 0 Å². The van der Waals surface area contributed by atoms with Crippen LogP contribution in [0.5, 0.6) is 0 Å². The summed E-state index contributed by atoms with van der Waals surface area (Å²) in [7, 11) is 0. The predicted octanol–water partition coefficient (Wildman–Crippen LogP) is 2.07. The van der Waals surface area contributed by atoms with Crippen molar-refractivity contribution < 1.29 is 9.59 Å². The third-order valence-electron chi connectivity index (χ3n) is 4.92. The Morgan fingerprint density at radius 1 is 1.00 bits per heavy atom. The lowest BCUT2D eigenvalue weighted by atomic mass is 9.96. The van der Waals surface area contributed by atoms with E-state index in [0.717, 1.165) is 12.8 Å². The average molecular weight is 330 g/mol. The molecule has 1 saturated heterocycles. The van der Waals surface area contributed by atoms with E-state index in [1.165, 1.54) is 19.3 Å². The third kappa shape index (κ3) is 3.99.